The number of carbonyl (C=O) groups excluding carboxylic acids is 1. The zero-order chi connectivity index (χ0) is 12.3. The smallest absolute Gasteiger partial charge is 0.220 e. The van der Waals surface area contributed by atoms with Crippen molar-refractivity contribution in [2.45, 2.75) is 43.9 Å². The molecule has 0 radical (unpaired) electrons. The average molecular weight is 242 g/mol. The first-order chi connectivity index (χ1) is 8.24. The lowest BCUT2D eigenvalue weighted by molar-refractivity contribution is -0.139. The molecule has 1 heterocycles. The van der Waals surface area contributed by atoms with E-state index >= 15 is 0 Å². The van der Waals surface area contributed by atoms with Crippen molar-refractivity contribution in [1.82, 2.24) is 5.32 Å². The molecule has 1 saturated carbocycles. The molecule has 1 aliphatic carbocycles. The Morgan fingerprint density at radius 3 is 3.18 bits per heavy atom. The van der Waals surface area contributed by atoms with Gasteiger partial charge in [0.1, 0.15) is 0 Å². The predicted octanol–water partition coefficient (Wildman–Crippen LogP) is 0.0339. The van der Waals surface area contributed by atoms with Crippen LogP contribution in [0.2, 0.25) is 0 Å². The third-order valence-electron chi connectivity index (χ3n) is 3.76. The van der Waals surface area contributed by atoms with Crippen molar-refractivity contribution in [1.29, 1.82) is 0 Å². The maximum atomic E-state index is 11.7. The summed E-state index contributed by atoms with van der Waals surface area (Å²) in [6, 6.07) is 0.0713. The number of amides is 1. The van der Waals surface area contributed by atoms with Gasteiger partial charge in [0.15, 0.2) is 0 Å². The molecule has 2 rings (SSSR count). The Labute approximate surface area is 102 Å². The maximum absolute atomic E-state index is 11.7. The molecule has 5 heteroatoms. The Balaban J connectivity index is 1.73. The van der Waals surface area contributed by atoms with Gasteiger partial charge in [-0.2, -0.15) is 0 Å². The lowest BCUT2D eigenvalue weighted by atomic mass is 9.68. The molecule has 2 aliphatic rings. The van der Waals surface area contributed by atoms with Crippen molar-refractivity contribution in [2.75, 3.05) is 20.3 Å². The minimum atomic E-state index is 0.00958. The highest BCUT2D eigenvalue weighted by atomic mass is 16.5. The van der Waals surface area contributed by atoms with Crippen LogP contribution in [-0.2, 0) is 14.3 Å². The van der Waals surface area contributed by atoms with Gasteiger partial charge in [-0.1, -0.05) is 0 Å². The van der Waals surface area contributed by atoms with E-state index in [1.807, 2.05) is 0 Å². The van der Waals surface area contributed by atoms with E-state index in [9.17, 15) is 4.79 Å². The predicted molar refractivity (Wildman–Crippen MR) is 63.5 cm³/mol. The molecule has 17 heavy (non-hydrogen) atoms. The Morgan fingerprint density at radius 1 is 1.59 bits per heavy atom. The molecule has 2 fully saturated rings. The molecule has 0 aromatic rings. The van der Waals surface area contributed by atoms with Crippen LogP contribution >= 0.6 is 0 Å². The molecule has 1 amide bonds. The van der Waals surface area contributed by atoms with Crippen molar-refractivity contribution in [3.63, 3.8) is 0 Å². The van der Waals surface area contributed by atoms with Crippen LogP contribution in [0.25, 0.3) is 0 Å². The molecule has 3 N–H and O–H groups in total. The summed E-state index contributed by atoms with van der Waals surface area (Å²) in [6.07, 6.45) is 3.60. The van der Waals surface area contributed by atoms with E-state index in [1.54, 1.807) is 7.11 Å². The summed E-state index contributed by atoms with van der Waals surface area (Å²) in [5, 5.41) is 2.98. The van der Waals surface area contributed by atoms with Crippen LogP contribution in [0.3, 0.4) is 0 Å². The molecule has 98 valence electrons. The summed E-state index contributed by atoms with van der Waals surface area (Å²) in [4.78, 5) is 11.7. The summed E-state index contributed by atoms with van der Waals surface area (Å²) in [7, 11) is 1.64. The second-order valence-electron chi connectivity index (χ2n) is 4.91. The minimum Gasteiger partial charge on any atom is -0.385 e. The standard InChI is InChI=1S/C12H22N2O3/c1-16-6-3-5-9(15)14-11-10(13)8-4-2-7-17-12(8)11/h8,10-12H,2-7,13H2,1H3,(H,14,15). The van der Waals surface area contributed by atoms with Crippen LogP contribution in [0.4, 0.5) is 0 Å². The van der Waals surface area contributed by atoms with Gasteiger partial charge in [-0.3, -0.25) is 4.79 Å². The van der Waals surface area contributed by atoms with E-state index < -0.39 is 0 Å². The van der Waals surface area contributed by atoms with Crippen molar-refractivity contribution < 1.29 is 14.3 Å². The zero-order valence-corrected chi connectivity index (χ0v) is 10.4. The first-order valence-corrected chi connectivity index (χ1v) is 6.39. The van der Waals surface area contributed by atoms with Gasteiger partial charge in [-0.05, 0) is 19.3 Å². The molecule has 5 nitrogen and oxygen atoms in total. The molecule has 1 aliphatic heterocycles. The molecule has 4 unspecified atom stereocenters. The third kappa shape index (κ3) is 2.78. The molecule has 0 spiro atoms. The Kier molecular flexibility index (Phi) is 4.36. The van der Waals surface area contributed by atoms with Gasteiger partial charge in [-0.25, -0.2) is 0 Å². The fourth-order valence-corrected chi connectivity index (χ4v) is 2.76. The molecular weight excluding hydrogens is 220 g/mol. The maximum Gasteiger partial charge on any atom is 0.220 e. The number of hydrogen-bond donors (Lipinski definition) is 2. The van der Waals surface area contributed by atoms with Crippen LogP contribution < -0.4 is 11.1 Å². The minimum absolute atomic E-state index is 0.00958. The molecule has 0 bridgehead atoms. The van der Waals surface area contributed by atoms with Crippen LogP contribution in [0.15, 0.2) is 0 Å². The summed E-state index contributed by atoms with van der Waals surface area (Å²) >= 11 is 0. The van der Waals surface area contributed by atoms with Crippen LogP contribution in [0.1, 0.15) is 25.7 Å². The summed E-state index contributed by atoms with van der Waals surface area (Å²) in [5.74, 6) is 0.489. The highest BCUT2D eigenvalue weighted by Crippen LogP contribution is 2.36. The number of nitrogens with two attached hydrogens (primary N) is 1. The van der Waals surface area contributed by atoms with E-state index in [-0.39, 0.29) is 24.1 Å². The van der Waals surface area contributed by atoms with E-state index in [4.69, 9.17) is 15.2 Å². The Morgan fingerprint density at radius 2 is 2.41 bits per heavy atom. The number of fused-ring (bicyclic) bond motifs is 1. The van der Waals surface area contributed by atoms with Crippen molar-refractivity contribution in [3.8, 4) is 0 Å². The number of nitrogens with one attached hydrogen (secondary N) is 1. The summed E-state index contributed by atoms with van der Waals surface area (Å²) < 4.78 is 10.6. The number of ether oxygens (including phenoxy) is 2. The first-order valence-electron chi connectivity index (χ1n) is 6.39. The summed E-state index contributed by atoms with van der Waals surface area (Å²) in [6.45, 7) is 1.41. The molecule has 1 saturated heterocycles. The highest BCUT2D eigenvalue weighted by molar-refractivity contribution is 5.76. The van der Waals surface area contributed by atoms with Gasteiger partial charge < -0.3 is 20.5 Å². The van der Waals surface area contributed by atoms with Crippen LogP contribution in [0.5, 0.6) is 0 Å². The van der Waals surface area contributed by atoms with E-state index in [0.717, 1.165) is 25.9 Å². The number of hydrogen-bond acceptors (Lipinski definition) is 4. The van der Waals surface area contributed by atoms with Gasteiger partial charge in [0.05, 0.1) is 12.1 Å². The Hall–Kier alpha value is -0.650. The molecule has 0 aromatic carbocycles. The Bertz CT molecular complexity index is 272. The first kappa shape index (κ1) is 12.8. The van der Waals surface area contributed by atoms with Crippen LogP contribution in [-0.4, -0.2) is 44.4 Å². The van der Waals surface area contributed by atoms with Crippen molar-refractivity contribution >= 4 is 5.91 Å². The van der Waals surface area contributed by atoms with Gasteiger partial charge in [0.2, 0.25) is 5.91 Å². The van der Waals surface area contributed by atoms with Crippen LogP contribution in [0, 0.1) is 5.92 Å². The fraction of sp³-hybridized carbons (Fsp3) is 0.917. The average Bonchev–Trinajstić information content (AvgIpc) is 2.36. The van der Waals surface area contributed by atoms with E-state index in [2.05, 4.69) is 5.32 Å². The number of methoxy groups -OCH3 is 1. The quantitative estimate of drug-likeness (QED) is 0.667. The van der Waals surface area contributed by atoms with Gasteiger partial charge in [-0.15, -0.1) is 0 Å². The SMILES string of the molecule is COCCCC(=O)NC1C(N)C2CCCOC21. The third-order valence-corrected chi connectivity index (χ3v) is 3.76. The highest BCUT2D eigenvalue weighted by Gasteiger charge is 2.50. The monoisotopic (exact) mass is 242 g/mol. The molecular formula is C12H22N2O3. The lowest BCUT2D eigenvalue weighted by Gasteiger charge is -2.52. The van der Waals surface area contributed by atoms with Gasteiger partial charge in [0, 0.05) is 38.7 Å². The largest absolute Gasteiger partial charge is 0.385 e. The van der Waals surface area contributed by atoms with E-state index in [1.165, 1.54) is 0 Å². The second kappa shape index (κ2) is 5.80. The fourth-order valence-electron chi connectivity index (χ4n) is 2.76. The lowest BCUT2D eigenvalue weighted by Crippen LogP contribution is -2.72. The number of carbonyl (C=O) groups is 1. The van der Waals surface area contributed by atoms with Gasteiger partial charge in [0.25, 0.3) is 0 Å². The second-order valence-corrected chi connectivity index (χ2v) is 4.91. The van der Waals surface area contributed by atoms with Gasteiger partial charge >= 0.3 is 0 Å². The molecule has 4 atom stereocenters. The molecule has 0 aromatic heterocycles. The summed E-state index contributed by atoms with van der Waals surface area (Å²) in [5.41, 5.74) is 6.06. The van der Waals surface area contributed by atoms with Crippen molar-refractivity contribution in [3.05, 3.63) is 0 Å². The van der Waals surface area contributed by atoms with Crippen molar-refractivity contribution in [2.24, 2.45) is 11.7 Å². The zero-order valence-electron chi connectivity index (χ0n) is 10.4. The normalized spacial score (nSPS) is 35.9. The number of rotatable bonds is 5. The topological polar surface area (TPSA) is 73.6 Å². The van der Waals surface area contributed by atoms with E-state index in [0.29, 0.717) is 18.9 Å².